The van der Waals surface area contributed by atoms with Gasteiger partial charge in [0.15, 0.2) is 0 Å². The van der Waals surface area contributed by atoms with Crippen molar-refractivity contribution < 1.29 is 9.59 Å². The van der Waals surface area contributed by atoms with E-state index in [0.29, 0.717) is 19.3 Å². The summed E-state index contributed by atoms with van der Waals surface area (Å²) in [6.07, 6.45) is 6.10. The summed E-state index contributed by atoms with van der Waals surface area (Å²) in [6, 6.07) is -0.0567. The van der Waals surface area contributed by atoms with Gasteiger partial charge in [0.05, 0.1) is 6.04 Å². The number of carbonyl (C=O) groups excluding carboxylic acids is 2. The van der Waals surface area contributed by atoms with E-state index in [1.165, 1.54) is 0 Å². The molecule has 0 aliphatic rings. The number of unbranched alkanes of at least 4 members (excludes halogenated alkanes) is 2. The minimum absolute atomic E-state index is 0.0567. The Bertz CT molecular complexity index is 212. The number of hydrogen-bond donors (Lipinski definition) is 0. The molecule has 0 aromatic carbocycles. The second kappa shape index (κ2) is 8.36. The van der Waals surface area contributed by atoms with Gasteiger partial charge in [0.2, 0.25) is 0 Å². The van der Waals surface area contributed by atoms with Gasteiger partial charge in [0.25, 0.3) is 0 Å². The third-order valence-electron chi connectivity index (χ3n) is 2.38. The number of hydrogen-bond acceptors (Lipinski definition) is 3. The highest BCUT2D eigenvalue weighted by molar-refractivity contribution is 5.84. The number of aldehydes is 1. The first-order valence-corrected chi connectivity index (χ1v) is 5.37. The number of carbonyl (C=O) groups is 2. The maximum absolute atomic E-state index is 11.8. The first-order valence-electron chi connectivity index (χ1n) is 5.37. The SMILES string of the molecule is C=CCC(C(=O)CCCCC=O)N(C)C. The second-order valence-electron chi connectivity index (χ2n) is 3.88. The summed E-state index contributed by atoms with van der Waals surface area (Å²) >= 11 is 0. The quantitative estimate of drug-likeness (QED) is 0.332. The van der Waals surface area contributed by atoms with Crippen LogP contribution in [-0.4, -0.2) is 37.1 Å². The normalized spacial score (nSPS) is 12.5. The van der Waals surface area contributed by atoms with Gasteiger partial charge >= 0.3 is 0 Å². The van der Waals surface area contributed by atoms with Crippen LogP contribution in [0.3, 0.4) is 0 Å². The van der Waals surface area contributed by atoms with Crippen LogP contribution in [0.15, 0.2) is 12.7 Å². The Hall–Kier alpha value is -0.960. The van der Waals surface area contributed by atoms with E-state index in [2.05, 4.69) is 6.58 Å². The minimum Gasteiger partial charge on any atom is -0.303 e. The van der Waals surface area contributed by atoms with Crippen LogP contribution in [0.25, 0.3) is 0 Å². The molecule has 0 aromatic heterocycles. The summed E-state index contributed by atoms with van der Waals surface area (Å²) in [4.78, 5) is 23.8. The van der Waals surface area contributed by atoms with Crippen LogP contribution in [0.2, 0.25) is 0 Å². The molecule has 86 valence electrons. The van der Waals surface area contributed by atoms with Crippen molar-refractivity contribution in [3.8, 4) is 0 Å². The van der Waals surface area contributed by atoms with E-state index in [1.54, 1.807) is 6.08 Å². The smallest absolute Gasteiger partial charge is 0.150 e. The van der Waals surface area contributed by atoms with Gasteiger partial charge < -0.3 is 4.79 Å². The van der Waals surface area contributed by atoms with Crippen molar-refractivity contribution in [3.63, 3.8) is 0 Å². The maximum atomic E-state index is 11.8. The predicted octanol–water partition coefficient (Wildman–Crippen LogP) is 1.82. The van der Waals surface area contributed by atoms with E-state index in [9.17, 15) is 9.59 Å². The number of nitrogens with zero attached hydrogens (tertiary/aromatic N) is 1. The van der Waals surface area contributed by atoms with E-state index in [-0.39, 0.29) is 11.8 Å². The predicted molar refractivity (Wildman–Crippen MR) is 61.8 cm³/mol. The Labute approximate surface area is 92.1 Å². The Kier molecular flexibility index (Phi) is 7.82. The highest BCUT2D eigenvalue weighted by Crippen LogP contribution is 2.08. The van der Waals surface area contributed by atoms with Crippen molar-refractivity contribution in [3.05, 3.63) is 12.7 Å². The monoisotopic (exact) mass is 211 g/mol. The van der Waals surface area contributed by atoms with Gasteiger partial charge in [-0.2, -0.15) is 0 Å². The van der Waals surface area contributed by atoms with E-state index in [1.807, 2.05) is 19.0 Å². The highest BCUT2D eigenvalue weighted by atomic mass is 16.1. The van der Waals surface area contributed by atoms with Crippen molar-refractivity contribution in [2.45, 2.75) is 38.1 Å². The Morgan fingerprint density at radius 3 is 2.53 bits per heavy atom. The van der Waals surface area contributed by atoms with Gasteiger partial charge in [0.1, 0.15) is 12.1 Å². The van der Waals surface area contributed by atoms with Crippen LogP contribution in [0.4, 0.5) is 0 Å². The number of likely N-dealkylation sites (N-methyl/N-ethyl adjacent to an activating group) is 1. The molecule has 0 radical (unpaired) electrons. The first kappa shape index (κ1) is 14.0. The lowest BCUT2D eigenvalue weighted by Gasteiger charge is -2.21. The summed E-state index contributed by atoms with van der Waals surface area (Å²) in [5.74, 6) is 0.241. The van der Waals surface area contributed by atoms with Gasteiger partial charge in [-0.25, -0.2) is 0 Å². The van der Waals surface area contributed by atoms with Crippen LogP contribution >= 0.6 is 0 Å². The number of rotatable bonds is 9. The number of Topliss-reactive ketones (excluding diaryl/α,β-unsaturated/α-hetero) is 1. The summed E-state index contributed by atoms with van der Waals surface area (Å²) in [5, 5.41) is 0. The first-order chi connectivity index (χ1) is 7.13. The van der Waals surface area contributed by atoms with Crippen molar-refractivity contribution >= 4 is 12.1 Å². The molecule has 0 spiro atoms. The molecule has 15 heavy (non-hydrogen) atoms. The summed E-state index contributed by atoms with van der Waals surface area (Å²) in [6.45, 7) is 3.65. The fourth-order valence-corrected chi connectivity index (χ4v) is 1.48. The van der Waals surface area contributed by atoms with E-state index in [0.717, 1.165) is 19.1 Å². The molecule has 0 heterocycles. The van der Waals surface area contributed by atoms with Gasteiger partial charge in [-0.05, 0) is 33.4 Å². The van der Waals surface area contributed by atoms with Gasteiger partial charge in [-0.3, -0.25) is 9.69 Å². The zero-order valence-electron chi connectivity index (χ0n) is 9.74. The molecule has 0 aliphatic carbocycles. The van der Waals surface area contributed by atoms with Crippen molar-refractivity contribution in [1.29, 1.82) is 0 Å². The summed E-state index contributed by atoms with van der Waals surface area (Å²) in [7, 11) is 3.80. The largest absolute Gasteiger partial charge is 0.303 e. The topological polar surface area (TPSA) is 37.4 Å². The van der Waals surface area contributed by atoms with E-state index >= 15 is 0 Å². The fraction of sp³-hybridized carbons (Fsp3) is 0.667. The lowest BCUT2D eigenvalue weighted by molar-refractivity contribution is -0.123. The maximum Gasteiger partial charge on any atom is 0.150 e. The molecule has 0 saturated heterocycles. The Morgan fingerprint density at radius 2 is 2.07 bits per heavy atom. The molecule has 3 nitrogen and oxygen atoms in total. The molecule has 0 N–H and O–H groups in total. The fourth-order valence-electron chi connectivity index (χ4n) is 1.48. The molecular weight excluding hydrogens is 190 g/mol. The minimum atomic E-state index is -0.0567. The molecule has 0 aromatic rings. The van der Waals surface area contributed by atoms with E-state index in [4.69, 9.17) is 0 Å². The van der Waals surface area contributed by atoms with Crippen molar-refractivity contribution in [1.82, 2.24) is 4.90 Å². The third-order valence-corrected chi connectivity index (χ3v) is 2.38. The van der Waals surface area contributed by atoms with Gasteiger partial charge in [0, 0.05) is 12.8 Å². The molecule has 1 atom stereocenters. The summed E-state index contributed by atoms with van der Waals surface area (Å²) < 4.78 is 0. The molecule has 0 fully saturated rings. The zero-order valence-corrected chi connectivity index (χ0v) is 9.74. The van der Waals surface area contributed by atoms with Gasteiger partial charge in [-0.1, -0.05) is 6.08 Å². The summed E-state index contributed by atoms with van der Waals surface area (Å²) in [5.41, 5.74) is 0. The molecule has 0 amide bonds. The van der Waals surface area contributed by atoms with Crippen LogP contribution in [0.5, 0.6) is 0 Å². The molecule has 0 rings (SSSR count). The molecule has 0 aliphatic heterocycles. The average molecular weight is 211 g/mol. The van der Waals surface area contributed by atoms with E-state index < -0.39 is 0 Å². The molecule has 1 unspecified atom stereocenters. The van der Waals surface area contributed by atoms with Crippen molar-refractivity contribution in [2.75, 3.05) is 14.1 Å². The second-order valence-corrected chi connectivity index (χ2v) is 3.88. The zero-order chi connectivity index (χ0) is 11.7. The van der Waals surface area contributed by atoms with Crippen LogP contribution in [0.1, 0.15) is 32.1 Å². The van der Waals surface area contributed by atoms with Crippen LogP contribution < -0.4 is 0 Å². The highest BCUT2D eigenvalue weighted by Gasteiger charge is 2.17. The molecule has 0 bridgehead atoms. The Morgan fingerprint density at radius 1 is 1.40 bits per heavy atom. The van der Waals surface area contributed by atoms with Crippen LogP contribution in [-0.2, 0) is 9.59 Å². The third kappa shape index (κ3) is 6.18. The van der Waals surface area contributed by atoms with Crippen LogP contribution in [0, 0.1) is 0 Å². The molecule has 3 heteroatoms. The lowest BCUT2D eigenvalue weighted by Crippen LogP contribution is -2.35. The Balaban J connectivity index is 3.91. The van der Waals surface area contributed by atoms with Crippen molar-refractivity contribution in [2.24, 2.45) is 0 Å². The van der Waals surface area contributed by atoms with Gasteiger partial charge in [-0.15, -0.1) is 6.58 Å². The lowest BCUT2D eigenvalue weighted by atomic mass is 10.0. The average Bonchev–Trinajstić information content (AvgIpc) is 2.20. The molecule has 0 saturated carbocycles. The standard InChI is InChI=1S/C12H21NO2/c1-4-8-11(13(2)3)12(15)9-6-5-7-10-14/h4,10-11H,1,5-9H2,2-3H3. The number of ketones is 1. The molecular formula is C12H21NO2.